The predicted molar refractivity (Wildman–Crippen MR) is 122 cm³/mol. The standard InChI is InChI=1S/C24H20Cl2N4/c1-15-3-2-4-17-11-18(23(26)29-22(15)17)13-30-10-9-21-19(14-30)12-27-24(28-21)16-5-7-20(25)8-6-16/h2-8,11-12H,9-10,13-14H2,1H3. The lowest BCUT2D eigenvalue weighted by molar-refractivity contribution is 0.243. The van der Waals surface area contributed by atoms with Crippen molar-refractivity contribution in [3.8, 4) is 11.4 Å². The zero-order chi connectivity index (χ0) is 20.7. The van der Waals surface area contributed by atoms with Gasteiger partial charge < -0.3 is 0 Å². The lowest BCUT2D eigenvalue weighted by Crippen LogP contribution is -2.31. The molecule has 0 bridgehead atoms. The Morgan fingerprint density at radius 3 is 2.70 bits per heavy atom. The minimum absolute atomic E-state index is 0.580. The van der Waals surface area contributed by atoms with Crippen LogP contribution >= 0.6 is 23.2 Å². The fourth-order valence-corrected chi connectivity index (χ4v) is 4.29. The lowest BCUT2D eigenvalue weighted by Gasteiger charge is -2.28. The highest BCUT2D eigenvalue weighted by Gasteiger charge is 2.20. The molecule has 3 heterocycles. The molecule has 0 saturated heterocycles. The van der Waals surface area contributed by atoms with Gasteiger partial charge in [-0.1, -0.05) is 41.4 Å². The summed E-state index contributed by atoms with van der Waals surface area (Å²) in [4.78, 5) is 16.4. The first-order chi connectivity index (χ1) is 14.6. The first kappa shape index (κ1) is 19.4. The molecule has 1 aliphatic rings. The molecule has 5 rings (SSSR count). The van der Waals surface area contributed by atoms with Gasteiger partial charge in [-0.25, -0.2) is 15.0 Å². The second kappa shape index (κ2) is 7.95. The van der Waals surface area contributed by atoms with Gasteiger partial charge in [0.2, 0.25) is 0 Å². The SMILES string of the molecule is Cc1cccc2cc(CN3CCc4nc(-c5ccc(Cl)cc5)ncc4C3)c(Cl)nc12. The van der Waals surface area contributed by atoms with E-state index in [1.54, 1.807) is 0 Å². The van der Waals surface area contributed by atoms with Crippen molar-refractivity contribution < 1.29 is 0 Å². The van der Waals surface area contributed by atoms with E-state index in [0.717, 1.165) is 65.2 Å². The van der Waals surface area contributed by atoms with Gasteiger partial charge in [-0.2, -0.15) is 0 Å². The molecule has 0 radical (unpaired) electrons. The third-order valence-corrected chi connectivity index (χ3v) is 6.16. The van der Waals surface area contributed by atoms with Crippen molar-refractivity contribution in [1.29, 1.82) is 0 Å². The van der Waals surface area contributed by atoms with Gasteiger partial charge in [0.1, 0.15) is 5.15 Å². The van der Waals surface area contributed by atoms with Crippen LogP contribution < -0.4 is 0 Å². The van der Waals surface area contributed by atoms with Crippen molar-refractivity contribution in [2.45, 2.75) is 26.4 Å². The summed E-state index contributed by atoms with van der Waals surface area (Å²) in [6.07, 6.45) is 2.83. The summed E-state index contributed by atoms with van der Waals surface area (Å²) in [6, 6.07) is 16.0. The molecule has 4 aromatic rings. The first-order valence-electron chi connectivity index (χ1n) is 9.94. The minimum Gasteiger partial charge on any atom is -0.294 e. The molecule has 1 aliphatic heterocycles. The minimum atomic E-state index is 0.580. The fraction of sp³-hybridized carbons (Fsp3) is 0.208. The van der Waals surface area contributed by atoms with Crippen LogP contribution in [0.2, 0.25) is 10.2 Å². The summed E-state index contributed by atoms with van der Waals surface area (Å²) in [5.74, 6) is 0.746. The van der Waals surface area contributed by atoms with Gasteiger partial charge >= 0.3 is 0 Å². The number of rotatable bonds is 3. The zero-order valence-electron chi connectivity index (χ0n) is 16.6. The van der Waals surface area contributed by atoms with Crippen molar-refractivity contribution >= 4 is 34.1 Å². The molecule has 0 fully saturated rings. The molecule has 0 unspecified atom stereocenters. The molecule has 150 valence electrons. The quantitative estimate of drug-likeness (QED) is 0.378. The summed E-state index contributed by atoms with van der Waals surface area (Å²) in [5.41, 5.74) is 6.43. The summed E-state index contributed by atoms with van der Waals surface area (Å²) >= 11 is 12.5. The Morgan fingerprint density at radius 1 is 1.03 bits per heavy atom. The zero-order valence-corrected chi connectivity index (χ0v) is 18.1. The Labute approximate surface area is 185 Å². The normalized spacial score (nSPS) is 14.1. The van der Waals surface area contributed by atoms with E-state index in [2.05, 4.69) is 46.1 Å². The third-order valence-electron chi connectivity index (χ3n) is 5.58. The van der Waals surface area contributed by atoms with Crippen LogP contribution in [0.5, 0.6) is 0 Å². The van der Waals surface area contributed by atoms with Crippen molar-refractivity contribution in [2.24, 2.45) is 0 Å². The maximum atomic E-state index is 6.52. The van der Waals surface area contributed by atoms with E-state index >= 15 is 0 Å². The van der Waals surface area contributed by atoms with E-state index in [9.17, 15) is 0 Å². The maximum absolute atomic E-state index is 6.52. The number of aromatic nitrogens is 3. The van der Waals surface area contributed by atoms with Crippen LogP contribution in [0.4, 0.5) is 0 Å². The molecule has 6 heteroatoms. The van der Waals surface area contributed by atoms with Crippen LogP contribution in [0.1, 0.15) is 22.4 Å². The van der Waals surface area contributed by atoms with Gasteiger partial charge in [-0.3, -0.25) is 4.90 Å². The molecule has 2 aromatic carbocycles. The molecule has 0 saturated carbocycles. The number of benzene rings is 2. The number of nitrogens with zero attached hydrogens (tertiary/aromatic N) is 4. The van der Waals surface area contributed by atoms with E-state index in [0.29, 0.717) is 10.2 Å². The topological polar surface area (TPSA) is 41.9 Å². The third kappa shape index (κ3) is 3.79. The maximum Gasteiger partial charge on any atom is 0.159 e. The number of hydrogen-bond acceptors (Lipinski definition) is 4. The van der Waals surface area contributed by atoms with Crippen molar-refractivity contribution in [2.75, 3.05) is 6.54 Å². The van der Waals surface area contributed by atoms with Crippen molar-refractivity contribution in [1.82, 2.24) is 19.9 Å². The highest BCUT2D eigenvalue weighted by atomic mass is 35.5. The number of halogens is 2. The molecular formula is C24H20Cl2N4. The largest absolute Gasteiger partial charge is 0.294 e. The average Bonchev–Trinajstić information content (AvgIpc) is 2.75. The van der Waals surface area contributed by atoms with E-state index in [-0.39, 0.29) is 0 Å². The van der Waals surface area contributed by atoms with Crippen molar-refractivity contribution in [3.63, 3.8) is 0 Å². The Kier molecular flexibility index (Phi) is 5.15. The van der Waals surface area contributed by atoms with Gasteiger partial charge in [-0.15, -0.1) is 0 Å². The lowest BCUT2D eigenvalue weighted by atomic mass is 10.0. The fourth-order valence-electron chi connectivity index (χ4n) is 3.97. The summed E-state index contributed by atoms with van der Waals surface area (Å²) in [6.45, 7) is 4.55. The van der Waals surface area contributed by atoms with E-state index in [1.807, 2.05) is 30.5 Å². The molecular weight excluding hydrogens is 415 g/mol. The molecule has 0 aliphatic carbocycles. The average molecular weight is 435 g/mol. The van der Waals surface area contributed by atoms with Crippen LogP contribution in [0.3, 0.4) is 0 Å². The monoisotopic (exact) mass is 434 g/mol. The Bertz CT molecular complexity index is 1240. The molecule has 0 amide bonds. The first-order valence-corrected chi connectivity index (χ1v) is 10.7. The smallest absolute Gasteiger partial charge is 0.159 e. The summed E-state index contributed by atoms with van der Waals surface area (Å²) in [7, 11) is 0. The predicted octanol–water partition coefficient (Wildman–Crippen LogP) is 5.87. The Morgan fingerprint density at radius 2 is 1.87 bits per heavy atom. The van der Waals surface area contributed by atoms with Crippen molar-refractivity contribution in [3.05, 3.63) is 87.3 Å². The number of aryl methyl sites for hydroxylation is 1. The number of hydrogen-bond donors (Lipinski definition) is 0. The molecule has 30 heavy (non-hydrogen) atoms. The molecule has 0 N–H and O–H groups in total. The van der Waals surface area contributed by atoms with Crippen LogP contribution in [0.15, 0.2) is 54.7 Å². The Hall–Kier alpha value is -2.53. The van der Waals surface area contributed by atoms with Gasteiger partial charge in [0.25, 0.3) is 0 Å². The van der Waals surface area contributed by atoms with Gasteiger partial charge in [0.05, 0.1) is 11.2 Å². The second-order valence-electron chi connectivity index (χ2n) is 7.72. The summed E-state index contributed by atoms with van der Waals surface area (Å²) in [5, 5.41) is 2.42. The Balaban J connectivity index is 1.37. The molecule has 4 nitrogen and oxygen atoms in total. The van der Waals surface area contributed by atoms with Gasteiger partial charge in [0, 0.05) is 59.4 Å². The highest BCUT2D eigenvalue weighted by molar-refractivity contribution is 6.31. The number of para-hydroxylation sites is 1. The second-order valence-corrected chi connectivity index (χ2v) is 8.51. The molecule has 0 atom stereocenters. The van der Waals surface area contributed by atoms with Crippen LogP contribution in [0.25, 0.3) is 22.3 Å². The van der Waals surface area contributed by atoms with Crippen LogP contribution in [-0.2, 0) is 19.5 Å². The van der Waals surface area contributed by atoms with Crippen LogP contribution in [-0.4, -0.2) is 26.4 Å². The molecule has 2 aromatic heterocycles. The number of fused-ring (bicyclic) bond motifs is 2. The van der Waals surface area contributed by atoms with E-state index in [1.165, 1.54) is 5.56 Å². The van der Waals surface area contributed by atoms with Crippen LogP contribution in [0, 0.1) is 6.92 Å². The van der Waals surface area contributed by atoms with Gasteiger partial charge in [0.15, 0.2) is 5.82 Å². The van der Waals surface area contributed by atoms with Gasteiger partial charge in [-0.05, 0) is 42.8 Å². The van der Waals surface area contributed by atoms with E-state index < -0.39 is 0 Å². The summed E-state index contributed by atoms with van der Waals surface area (Å²) < 4.78 is 0. The highest BCUT2D eigenvalue weighted by Crippen LogP contribution is 2.27. The molecule has 0 spiro atoms. The van der Waals surface area contributed by atoms with E-state index in [4.69, 9.17) is 28.2 Å². The number of pyridine rings is 1.